The van der Waals surface area contributed by atoms with Crippen molar-refractivity contribution in [1.29, 1.82) is 0 Å². The fraction of sp³-hybridized carbons (Fsp3) is 0.182. The summed E-state index contributed by atoms with van der Waals surface area (Å²) >= 11 is 11.6. The van der Waals surface area contributed by atoms with Crippen molar-refractivity contribution in [1.82, 2.24) is 4.98 Å². The molecule has 0 spiro atoms. The van der Waals surface area contributed by atoms with Gasteiger partial charge in [0, 0.05) is 10.9 Å². The molecular formula is C11H8Cl2N2O3. The van der Waals surface area contributed by atoms with E-state index >= 15 is 0 Å². The van der Waals surface area contributed by atoms with Crippen LogP contribution in [0.2, 0.25) is 5.15 Å². The number of nitro benzene ring substituents is 1. The van der Waals surface area contributed by atoms with Crippen molar-refractivity contribution in [2.24, 2.45) is 0 Å². The first-order chi connectivity index (χ1) is 8.56. The second kappa shape index (κ2) is 4.96. The number of nitrogens with zero attached hydrogens (tertiary/aromatic N) is 2. The van der Waals surface area contributed by atoms with Gasteiger partial charge in [-0.25, -0.2) is 4.98 Å². The molecular weight excluding hydrogens is 279 g/mol. The summed E-state index contributed by atoms with van der Waals surface area (Å²) in [5, 5.41) is 11.7. The van der Waals surface area contributed by atoms with Crippen molar-refractivity contribution in [3.05, 3.63) is 39.0 Å². The highest BCUT2D eigenvalue weighted by molar-refractivity contribution is 6.31. The summed E-state index contributed by atoms with van der Waals surface area (Å²) in [5.74, 6) is 0.575. The standard InChI is InChI=1S/C11H8Cl2N2O3/c1-18-8-3-6-2-7(5-12)11(13)14-10(6)9(4-8)15(16)17/h2-4H,5H2,1H3. The summed E-state index contributed by atoms with van der Waals surface area (Å²) in [7, 11) is 1.44. The molecule has 18 heavy (non-hydrogen) atoms. The maximum absolute atomic E-state index is 11.0. The molecule has 0 atom stereocenters. The third-order valence-corrected chi connectivity index (χ3v) is 3.09. The fourth-order valence-electron chi connectivity index (χ4n) is 1.61. The van der Waals surface area contributed by atoms with Gasteiger partial charge in [0.15, 0.2) is 0 Å². The van der Waals surface area contributed by atoms with E-state index in [-0.39, 0.29) is 22.2 Å². The number of pyridine rings is 1. The Morgan fingerprint density at radius 1 is 1.44 bits per heavy atom. The average Bonchev–Trinajstić information content (AvgIpc) is 2.36. The molecule has 0 aliphatic rings. The first kappa shape index (κ1) is 12.9. The first-order valence-electron chi connectivity index (χ1n) is 4.94. The number of non-ortho nitro benzene ring substituents is 1. The molecule has 7 heteroatoms. The number of halogens is 2. The van der Waals surface area contributed by atoms with Crippen LogP contribution < -0.4 is 4.74 Å². The minimum Gasteiger partial charge on any atom is -0.496 e. The molecule has 1 aromatic carbocycles. The van der Waals surface area contributed by atoms with Crippen LogP contribution in [0.25, 0.3) is 10.9 Å². The number of alkyl halides is 1. The molecule has 0 bridgehead atoms. The summed E-state index contributed by atoms with van der Waals surface area (Å²) in [6, 6.07) is 4.64. The van der Waals surface area contributed by atoms with Crippen LogP contribution in [-0.4, -0.2) is 17.0 Å². The van der Waals surface area contributed by atoms with Gasteiger partial charge in [0.2, 0.25) is 0 Å². The van der Waals surface area contributed by atoms with Crippen LogP contribution >= 0.6 is 23.2 Å². The summed E-state index contributed by atoms with van der Waals surface area (Å²) < 4.78 is 5.02. The van der Waals surface area contributed by atoms with Crippen LogP contribution in [0.15, 0.2) is 18.2 Å². The molecule has 0 saturated heterocycles. The second-order valence-corrected chi connectivity index (χ2v) is 4.17. The SMILES string of the molecule is COc1cc([N+](=O)[O-])c2nc(Cl)c(CCl)cc2c1. The molecule has 0 radical (unpaired) electrons. The molecule has 0 aliphatic carbocycles. The molecule has 2 rings (SSSR count). The molecule has 0 fully saturated rings. The number of hydrogen-bond donors (Lipinski definition) is 0. The zero-order chi connectivity index (χ0) is 13.3. The van der Waals surface area contributed by atoms with Crippen molar-refractivity contribution >= 4 is 39.8 Å². The van der Waals surface area contributed by atoms with Crippen molar-refractivity contribution in [3.8, 4) is 5.75 Å². The van der Waals surface area contributed by atoms with Gasteiger partial charge in [0.05, 0.1) is 24.0 Å². The van der Waals surface area contributed by atoms with Gasteiger partial charge in [-0.3, -0.25) is 10.1 Å². The summed E-state index contributed by atoms with van der Waals surface area (Å²) in [4.78, 5) is 14.5. The number of aromatic nitrogens is 1. The van der Waals surface area contributed by atoms with Crippen LogP contribution in [0.5, 0.6) is 5.75 Å². The van der Waals surface area contributed by atoms with Crippen LogP contribution in [0.1, 0.15) is 5.56 Å². The Hall–Kier alpha value is -1.59. The van der Waals surface area contributed by atoms with Crippen molar-refractivity contribution in [3.63, 3.8) is 0 Å². The van der Waals surface area contributed by atoms with E-state index in [1.54, 1.807) is 12.1 Å². The minimum absolute atomic E-state index is 0.146. The lowest BCUT2D eigenvalue weighted by molar-refractivity contribution is -0.383. The molecule has 0 amide bonds. The highest BCUT2D eigenvalue weighted by Crippen LogP contribution is 2.32. The maximum Gasteiger partial charge on any atom is 0.299 e. The molecule has 0 aliphatic heterocycles. The number of methoxy groups -OCH3 is 1. The molecule has 94 valence electrons. The third-order valence-electron chi connectivity index (χ3n) is 2.47. The topological polar surface area (TPSA) is 65.3 Å². The molecule has 1 heterocycles. The number of ether oxygens (including phenoxy) is 1. The van der Waals surface area contributed by atoms with Crippen LogP contribution in [0.4, 0.5) is 5.69 Å². The monoisotopic (exact) mass is 286 g/mol. The molecule has 1 aromatic heterocycles. The van der Waals surface area contributed by atoms with Crippen LogP contribution in [0, 0.1) is 10.1 Å². The number of nitro groups is 1. The van der Waals surface area contributed by atoms with Crippen LogP contribution in [0.3, 0.4) is 0 Å². The van der Waals surface area contributed by atoms with Gasteiger partial charge in [-0.05, 0) is 12.1 Å². The summed E-state index contributed by atoms with van der Waals surface area (Å²) in [5.41, 5.74) is 0.695. The number of benzene rings is 1. The van der Waals surface area contributed by atoms with E-state index in [0.717, 1.165) is 0 Å². The van der Waals surface area contributed by atoms with E-state index < -0.39 is 4.92 Å². The predicted octanol–water partition coefficient (Wildman–Crippen LogP) is 3.54. The molecule has 0 saturated carbocycles. The largest absolute Gasteiger partial charge is 0.496 e. The normalized spacial score (nSPS) is 10.6. The van der Waals surface area contributed by atoms with Crippen molar-refractivity contribution in [2.45, 2.75) is 5.88 Å². The Morgan fingerprint density at radius 3 is 2.72 bits per heavy atom. The maximum atomic E-state index is 11.0. The van der Waals surface area contributed by atoms with Crippen molar-refractivity contribution < 1.29 is 9.66 Å². The van der Waals surface area contributed by atoms with Gasteiger partial charge in [-0.1, -0.05) is 11.6 Å². The van der Waals surface area contributed by atoms with Gasteiger partial charge in [-0.2, -0.15) is 0 Å². The number of fused-ring (bicyclic) bond motifs is 1. The molecule has 5 nitrogen and oxygen atoms in total. The van der Waals surface area contributed by atoms with E-state index in [1.165, 1.54) is 13.2 Å². The van der Waals surface area contributed by atoms with E-state index in [2.05, 4.69) is 4.98 Å². The molecule has 0 N–H and O–H groups in total. The van der Waals surface area contributed by atoms with Gasteiger partial charge >= 0.3 is 0 Å². The summed E-state index contributed by atoms with van der Waals surface area (Å²) in [6.45, 7) is 0. The van der Waals surface area contributed by atoms with Gasteiger partial charge in [0.25, 0.3) is 5.69 Å². The number of rotatable bonds is 3. The Bertz CT molecular complexity index is 631. The highest BCUT2D eigenvalue weighted by Gasteiger charge is 2.17. The summed E-state index contributed by atoms with van der Waals surface area (Å²) in [6.07, 6.45) is 0. The molecule has 2 aromatic rings. The lowest BCUT2D eigenvalue weighted by Crippen LogP contribution is -1.95. The average molecular weight is 287 g/mol. The minimum atomic E-state index is -0.519. The fourth-order valence-corrected chi connectivity index (χ4v) is 2.09. The van der Waals surface area contributed by atoms with Gasteiger partial charge in [0.1, 0.15) is 16.4 Å². The van der Waals surface area contributed by atoms with Crippen molar-refractivity contribution in [2.75, 3.05) is 7.11 Å². The van der Waals surface area contributed by atoms with E-state index in [9.17, 15) is 10.1 Å². The van der Waals surface area contributed by atoms with Gasteiger partial charge < -0.3 is 4.74 Å². The Kier molecular flexibility index (Phi) is 3.54. The Balaban J connectivity index is 2.82. The lowest BCUT2D eigenvalue weighted by atomic mass is 10.1. The van der Waals surface area contributed by atoms with E-state index in [0.29, 0.717) is 16.7 Å². The Labute approximate surface area is 112 Å². The Morgan fingerprint density at radius 2 is 2.17 bits per heavy atom. The quantitative estimate of drug-likeness (QED) is 0.375. The molecule has 0 unspecified atom stereocenters. The third kappa shape index (κ3) is 2.19. The second-order valence-electron chi connectivity index (χ2n) is 3.55. The van der Waals surface area contributed by atoms with Gasteiger partial charge in [-0.15, -0.1) is 11.6 Å². The van der Waals surface area contributed by atoms with E-state index in [4.69, 9.17) is 27.9 Å². The predicted molar refractivity (Wildman–Crippen MR) is 69.5 cm³/mol. The highest BCUT2D eigenvalue weighted by atomic mass is 35.5. The van der Waals surface area contributed by atoms with Crippen LogP contribution in [-0.2, 0) is 5.88 Å². The first-order valence-corrected chi connectivity index (χ1v) is 5.85. The lowest BCUT2D eigenvalue weighted by Gasteiger charge is -2.06. The smallest absolute Gasteiger partial charge is 0.299 e. The zero-order valence-electron chi connectivity index (χ0n) is 9.31. The zero-order valence-corrected chi connectivity index (χ0v) is 10.8. The van der Waals surface area contributed by atoms with E-state index in [1.807, 2.05) is 0 Å². The number of hydrogen-bond acceptors (Lipinski definition) is 4.